The van der Waals surface area contributed by atoms with Crippen LogP contribution in [0.4, 0.5) is 10.5 Å². The normalized spacial score (nSPS) is 15.2. The van der Waals surface area contributed by atoms with Gasteiger partial charge in [0, 0.05) is 26.7 Å². The Morgan fingerprint density at radius 3 is 2.46 bits per heavy atom. The Balaban J connectivity index is 1.83. The zero-order valence-corrected chi connectivity index (χ0v) is 15.5. The van der Waals surface area contributed by atoms with Crippen LogP contribution in [-0.2, 0) is 16.0 Å². The summed E-state index contributed by atoms with van der Waals surface area (Å²) in [4.78, 5) is 36.1. The largest absolute Gasteiger partial charge is 0.325 e. The molecule has 0 radical (unpaired) electrons. The number of hydrogen-bond donors (Lipinski definition) is 2. The number of carbonyl (C=O) groups excluding carboxylic acids is 3. The number of anilines is 1. The third-order valence-corrected chi connectivity index (χ3v) is 5.63. The Kier molecular flexibility index (Phi) is 5.77. The van der Waals surface area contributed by atoms with Gasteiger partial charge in [0.2, 0.25) is 11.8 Å². The molecule has 1 aliphatic heterocycles. The van der Waals surface area contributed by atoms with E-state index in [2.05, 4.69) is 30.3 Å². The van der Waals surface area contributed by atoms with Gasteiger partial charge in [-0.25, -0.2) is 4.79 Å². The Morgan fingerprint density at radius 2 is 1.88 bits per heavy atom. The number of hydrogen-bond acceptors (Lipinski definition) is 3. The first kappa shape index (κ1) is 18.2. The van der Waals surface area contributed by atoms with Crippen LogP contribution >= 0.6 is 0 Å². The molecule has 0 spiro atoms. The molecule has 1 aromatic carbocycles. The van der Waals surface area contributed by atoms with E-state index in [9.17, 15) is 14.4 Å². The van der Waals surface area contributed by atoms with Crippen molar-refractivity contribution in [2.75, 3.05) is 18.4 Å². The van der Waals surface area contributed by atoms with Gasteiger partial charge in [-0.3, -0.25) is 14.9 Å². The second-order valence-electron chi connectivity index (χ2n) is 7.33. The Labute approximate surface area is 143 Å². The van der Waals surface area contributed by atoms with Crippen LogP contribution in [-0.4, -0.2) is 43.9 Å². The summed E-state index contributed by atoms with van der Waals surface area (Å²) >= 11 is 0. The van der Waals surface area contributed by atoms with Crippen molar-refractivity contribution in [2.45, 2.75) is 38.5 Å². The minimum absolute atomic E-state index is 0.0590. The van der Waals surface area contributed by atoms with Crippen molar-refractivity contribution in [2.24, 2.45) is 0 Å². The molecule has 1 fully saturated rings. The highest BCUT2D eigenvalue weighted by atomic mass is 28.3. The number of carbonyl (C=O) groups is 3. The lowest BCUT2D eigenvalue weighted by molar-refractivity contribution is -0.123. The first-order chi connectivity index (χ1) is 11.2. The summed E-state index contributed by atoms with van der Waals surface area (Å²) in [5, 5.41) is 4.99. The molecule has 130 valence electrons. The fraction of sp³-hybridized carbons (Fsp3) is 0.471. The predicted octanol–water partition coefficient (Wildman–Crippen LogP) is 2.45. The molecule has 0 saturated carbocycles. The molecule has 1 aliphatic rings. The SMILES string of the molecule is C[Si](C)(C)CCc1ccc(NC(=O)CN2CCC(=O)NC2=O)cc1. The average Bonchev–Trinajstić information content (AvgIpc) is 2.49. The molecule has 1 heterocycles. The van der Waals surface area contributed by atoms with Crippen LogP contribution in [0.25, 0.3) is 0 Å². The van der Waals surface area contributed by atoms with Gasteiger partial charge < -0.3 is 10.2 Å². The molecule has 6 nitrogen and oxygen atoms in total. The van der Waals surface area contributed by atoms with Gasteiger partial charge in [0.05, 0.1) is 0 Å². The molecule has 0 bridgehead atoms. The molecule has 0 aliphatic carbocycles. The minimum atomic E-state index is -1.05. The number of aryl methyl sites for hydroxylation is 1. The van der Waals surface area contributed by atoms with E-state index >= 15 is 0 Å². The third-order valence-electron chi connectivity index (χ3n) is 3.88. The van der Waals surface area contributed by atoms with E-state index in [0.717, 1.165) is 6.42 Å². The lowest BCUT2D eigenvalue weighted by atomic mass is 10.1. The third kappa shape index (κ3) is 5.81. The predicted molar refractivity (Wildman–Crippen MR) is 96.7 cm³/mol. The molecular formula is C17H25N3O3Si. The standard InChI is InChI=1S/C17H25N3O3Si/c1-24(2,3)11-9-13-4-6-14(7-5-13)18-16(22)12-20-10-8-15(21)19-17(20)23/h4-7H,8-12H2,1-3H3,(H,18,22)(H,19,21,23). The molecule has 2 N–H and O–H groups in total. The molecule has 0 atom stereocenters. The average molecular weight is 347 g/mol. The van der Waals surface area contributed by atoms with E-state index in [1.807, 2.05) is 24.3 Å². The Bertz CT molecular complexity index is 623. The van der Waals surface area contributed by atoms with Crippen LogP contribution in [0.2, 0.25) is 25.7 Å². The molecule has 1 aromatic rings. The molecule has 24 heavy (non-hydrogen) atoms. The number of amides is 4. The van der Waals surface area contributed by atoms with Crippen LogP contribution in [0.15, 0.2) is 24.3 Å². The number of imide groups is 1. The van der Waals surface area contributed by atoms with Gasteiger partial charge in [-0.2, -0.15) is 0 Å². The molecule has 1 saturated heterocycles. The van der Waals surface area contributed by atoms with Crippen molar-refractivity contribution < 1.29 is 14.4 Å². The van der Waals surface area contributed by atoms with Gasteiger partial charge in [0.15, 0.2) is 0 Å². The number of benzene rings is 1. The molecular weight excluding hydrogens is 322 g/mol. The highest BCUT2D eigenvalue weighted by Gasteiger charge is 2.24. The zero-order chi connectivity index (χ0) is 17.7. The smallest absolute Gasteiger partial charge is 0.324 e. The van der Waals surface area contributed by atoms with Crippen molar-refractivity contribution in [3.05, 3.63) is 29.8 Å². The molecule has 0 unspecified atom stereocenters. The topological polar surface area (TPSA) is 78.5 Å². The quantitative estimate of drug-likeness (QED) is 0.776. The van der Waals surface area contributed by atoms with Crippen molar-refractivity contribution in [1.82, 2.24) is 10.2 Å². The zero-order valence-electron chi connectivity index (χ0n) is 14.5. The maximum absolute atomic E-state index is 12.0. The second kappa shape index (κ2) is 7.61. The number of rotatable bonds is 6. The minimum Gasteiger partial charge on any atom is -0.325 e. The van der Waals surface area contributed by atoms with E-state index in [1.165, 1.54) is 16.5 Å². The first-order valence-corrected chi connectivity index (χ1v) is 11.9. The summed E-state index contributed by atoms with van der Waals surface area (Å²) < 4.78 is 0. The van der Waals surface area contributed by atoms with Gasteiger partial charge >= 0.3 is 6.03 Å². The fourth-order valence-corrected chi connectivity index (χ4v) is 3.44. The summed E-state index contributed by atoms with van der Waals surface area (Å²) in [7, 11) is -1.05. The van der Waals surface area contributed by atoms with Crippen LogP contribution < -0.4 is 10.6 Å². The van der Waals surface area contributed by atoms with E-state index < -0.39 is 14.1 Å². The molecule has 2 rings (SSSR count). The second-order valence-corrected chi connectivity index (χ2v) is 13.0. The maximum Gasteiger partial charge on any atom is 0.324 e. The highest BCUT2D eigenvalue weighted by Crippen LogP contribution is 2.16. The van der Waals surface area contributed by atoms with E-state index in [0.29, 0.717) is 5.69 Å². The summed E-state index contributed by atoms with van der Waals surface area (Å²) in [5.74, 6) is -0.570. The van der Waals surface area contributed by atoms with Crippen molar-refractivity contribution in [1.29, 1.82) is 0 Å². The molecule has 4 amide bonds. The van der Waals surface area contributed by atoms with Gasteiger partial charge in [-0.15, -0.1) is 0 Å². The van der Waals surface area contributed by atoms with Gasteiger partial charge in [-0.1, -0.05) is 37.8 Å². The van der Waals surface area contributed by atoms with Crippen LogP contribution in [0.3, 0.4) is 0 Å². The van der Waals surface area contributed by atoms with Crippen molar-refractivity contribution in [3.63, 3.8) is 0 Å². The summed E-state index contributed by atoms with van der Waals surface area (Å²) in [5.41, 5.74) is 1.98. The van der Waals surface area contributed by atoms with E-state index in [1.54, 1.807) is 0 Å². The Hall–Kier alpha value is -2.15. The van der Waals surface area contributed by atoms with E-state index in [-0.39, 0.29) is 31.3 Å². The summed E-state index contributed by atoms with van der Waals surface area (Å²) in [6, 6.07) is 8.56. The fourth-order valence-electron chi connectivity index (χ4n) is 2.40. The van der Waals surface area contributed by atoms with Gasteiger partial charge in [-0.05, 0) is 24.1 Å². The molecule has 7 heteroatoms. The highest BCUT2D eigenvalue weighted by molar-refractivity contribution is 6.76. The van der Waals surface area contributed by atoms with Gasteiger partial charge in [0.1, 0.15) is 6.54 Å². The number of urea groups is 1. The van der Waals surface area contributed by atoms with E-state index in [4.69, 9.17) is 0 Å². The van der Waals surface area contributed by atoms with Crippen LogP contribution in [0, 0.1) is 0 Å². The van der Waals surface area contributed by atoms with Crippen LogP contribution in [0.1, 0.15) is 12.0 Å². The first-order valence-electron chi connectivity index (χ1n) is 8.20. The number of nitrogens with one attached hydrogen (secondary N) is 2. The van der Waals surface area contributed by atoms with Crippen molar-refractivity contribution >= 4 is 31.6 Å². The molecule has 0 aromatic heterocycles. The van der Waals surface area contributed by atoms with Gasteiger partial charge in [0.25, 0.3) is 0 Å². The monoisotopic (exact) mass is 347 g/mol. The van der Waals surface area contributed by atoms with Crippen LogP contribution in [0.5, 0.6) is 0 Å². The lowest BCUT2D eigenvalue weighted by Crippen LogP contribution is -2.51. The summed E-state index contributed by atoms with van der Waals surface area (Å²) in [6.45, 7) is 7.27. The lowest BCUT2D eigenvalue weighted by Gasteiger charge is -2.25. The Morgan fingerprint density at radius 1 is 1.21 bits per heavy atom. The summed E-state index contributed by atoms with van der Waals surface area (Å²) in [6.07, 6.45) is 1.29. The van der Waals surface area contributed by atoms with Crippen molar-refractivity contribution in [3.8, 4) is 0 Å². The number of nitrogens with zero attached hydrogens (tertiary/aromatic N) is 1. The maximum atomic E-state index is 12.0.